The second kappa shape index (κ2) is 6.37. The molecule has 0 spiro atoms. The maximum absolute atomic E-state index is 12.0. The number of hydrogen-bond acceptors (Lipinski definition) is 5. The highest BCUT2D eigenvalue weighted by Gasteiger charge is 2.31. The van der Waals surface area contributed by atoms with E-state index in [0.29, 0.717) is 6.54 Å². The number of hydrogen-bond donors (Lipinski definition) is 1. The van der Waals surface area contributed by atoms with E-state index in [9.17, 15) is 4.79 Å². The molecule has 3 aliphatic rings. The normalized spacial score (nSPS) is 21.9. The quantitative estimate of drug-likeness (QED) is 0.887. The van der Waals surface area contributed by atoms with E-state index in [1.165, 1.54) is 0 Å². The van der Waals surface area contributed by atoms with Crippen molar-refractivity contribution in [3.8, 4) is 11.5 Å². The summed E-state index contributed by atoms with van der Waals surface area (Å²) in [4.78, 5) is 14.4. The highest BCUT2D eigenvalue weighted by molar-refractivity contribution is 5.80. The molecule has 0 bridgehead atoms. The Hall–Kier alpha value is -1.79. The molecule has 1 aliphatic carbocycles. The van der Waals surface area contributed by atoms with Crippen LogP contribution in [0.1, 0.15) is 24.4 Å². The van der Waals surface area contributed by atoms with Gasteiger partial charge in [0.15, 0.2) is 11.5 Å². The summed E-state index contributed by atoms with van der Waals surface area (Å²) in [6.45, 7) is 4.11. The minimum atomic E-state index is 0.135. The first-order valence-corrected chi connectivity index (χ1v) is 8.30. The maximum atomic E-state index is 12.0. The Bertz CT molecular complexity index is 582. The van der Waals surface area contributed by atoms with Crippen LogP contribution in [0.3, 0.4) is 0 Å². The van der Waals surface area contributed by atoms with Crippen LogP contribution in [-0.4, -0.2) is 50.4 Å². The van der Waals surface area contributed by atoms with Crippen LogP contribution in [0.25, 0.3) is 0 Å². The van der Waals surface area contributed by atoms with Gasteiger partial charge in [-0.3, -0.25) is 9.69 Å². The molecule has 1 aromatic rings. The second-order valence-electron chi connectivity index (χ2n) is 6.30. The fourth-order valence-electron chi connectivity index (χ4n) is 3.15. The predicted octanol–water partition coefficient (Wildman–Crippen LogP) is 1.31. The summed E-state index contributed by atoms with van der Waals surface area (Å²) in [6, 6.07) is 6.19. The number of carbonyl (C=O) groups is 1. The van der Waals surface area contributed by atoms with Crippen molar-refractivity contribution in [1.82, 2.24) is 10.2 Å². The van der Waals surface area contributed by atoms with Gasteiger partial charge >= 0.3 is 0 Å². The molecule has 1 saturated heterocycles. The van der Waals surface area contributed by atoms with Crippen LogP contribution < -0.4 is 14.8 Å². The molecule has 0 unspecified atom stereocenters. The van der Waals surface area contributed by atoms with Crippen molar-refractivity contribution >= 4 is 5.91 Å². The average Bonchev–Trinajstić information content (AvgIpc) is 3.34. The second-order valence-corrected chi connectivity index (χ2v) is 6.30. The van der Waals surface area contributed by atoms with Crippen LogP contribution in [0.4, 0.5) is 0 Å². The lowest BCUT2D eigenvalue weighted by Crippen LogP contribution is -2.44. The lowest BCUT2D eigenvalue weighted by molar-refractivity contribution is -0.122. The highest BCUT2D eigenvalue weighted by atomic mass is 16.7. The van der Waals surface area contributed by atoms with Crippen molar-refractivity contribution in [3.63, 3.8) is 0 Å². The van der Waals surface area contributed by atoms with Gasteiger partial charge in [0.2, 0.25) is 12.7 Å². The molecule has 2 fully saturated rings. The first-order chi connectivity index (χ1) is 11.3. The van der Waals surface area contributed by atoms with Crippen molar-refractivity contribution < 1.29 is 19.0 Å². The first kappa shape index (κ1) is 14.8. The van der Waals surface area contributed by atoms with Crippen LogP contribution in [0, 0.1) is 5.92 Å². The summed E-state index contributed by atoms with van der Waals surface area (Å²) in [5.41, 5.74) is 1.15. The summed E-state index contributed by atoms with van der Waals surface area (Å²) in [6.07, 6.45) is 2.05. The van der Waals surface area contributed by atoms with Gasteiger partial charge < -0.3 is 19.5 Å². The minimum Gasteiger partial charge on any atom is -0.454 e. The molecule has 1 amide bonds. The number of rotatable bonds is 5. The molecule has 0 aromatic heterocycles. The Balaban J connectivity index is 1.51. The number of fused-ring (bicyclic) bond motifs is 1. The average molecular weight is 318 g/mol. The first-order valence-electron chi connectivity index (χ1n) is 8.30. The van der Waals surface area contributed by atoms with E-state index in [-0.39, 0.29) is 24.7 Å². The fraction of sp³-hybridized carbons (Fsp3) is 0.588. The third-order valence-corrected chi connectivity index (χ3v) is 4.69. The van der Waals surface area contributed by atoms with Gasteiger partial charge in [0.1, 0.15) is 0 Å². The van der Waals surface area contributed by atoms with Crippen molar-refractivity contribution in [2.75, 3.05) is 39.6 Å². The summed E-state index contributed by atoms with van der Waals surface area (Å²) in [5.74, 6) is 1.99. The zero-order chi connectivity index (χ0) is 15.6. The smallest absolute Gasteiger partial charge is 0.231 e. The van der Waals surface area contributed by atoms with Gasteiger partial charge in [-0.2, -0.15) is 0 Å². The SMILES string of the molecule is O=C(NC[C@@H](c1ccc2c(c1)OCO2)N1CCOCC1)C1CC1. The van der Waals surface area contributed by atoms with Gasteiger partial charge in [-0.1, -0.05) is 6.07 Å². The van der Waals surface area contributed by atoms with Crippen molar-refractivity contribution in [1.29, 1.82) is 0 Å². The molecular weight excluding hydrogens is 296 g/mol. The molecule has 124 valence electrons. The zero-order valence-corrected chi connectivity index (χ0v) is 13.1. The van der Waals surface area contributed by atoms with Crippen LogP contribution in [-0.2, 0) is 9.53 Å². The van der Waals surface area contributed by atoms with E-state index in [1.54, 1.807) is 0 Å². The fourth-order valence-corrected chi connectivity index (χ4v) is 3.15. The number of nitrogens with zero attached hydrogens (tertiary/aromatic N) is 1. The summed E-state index contributed by atoms with van der Waals surface area (Å²) >= 11 is 0. The van der Waals surface area contributed by atoms with Crippen LogP contribution >= 0.6 is 0 Å². The largest absolute Gasteiger partial charge is 0.454 e. The molecule has 2 heterocycles. The standard InChI is InChI=1S/C17H22N2O4/c20-17(12-1-2-12)18-10-14(19-5-7-21-8-6-19)13-3-4-15-16(9-13)23-11-22-15/h3-4,9,12,14H,1-2,5-8,10-11H2,(H,18,20)/t14-/m0/s1. The van der Waals surface area contributed by atoms with Crippen molar-refractivity contribution in [2.45, 2.75) is 18.9 Å². The van der Waals surface area contributed by atoms with E-state index < -0.39 is 0 Å². The molecule has 23 heavy (non-hydrogen) atoms. The Morgan fingerprint density at radius 2 is 2.00 bits per heavy atom. The van der Waals surface area contributed by atoms with E-state index in [0.717, 1.165) is 56.2 Å². The number of carbonyl (C=O) groups excluding carboxylic acids is 1. The van der Waals surface area contributed by atoms with E-state index in [4.69, 9.17) is 14.2 Å². The predicted molar refractivity (Wildman–Crippen MR) is 83.4 cm³/mol. The molecule has 4 rings (SSSR count). The maximum Gasteiger partial charge on any atom is 0.231 e. The Morgan fingerprint density at radius 1 is 1.22 bits per heavy atom. The highest BCUT2D eigenvalue weighted by Crippen LogP contribution is 2.35. The molecule has 1 aromatic carbocycles. The molecule has 1 atom stereocenters. The van der Waals surface area contributed by atoms with Gasteiger partial charge in [0.05, 0.1) is 19.3 Å². The van der Waals surface area contributed by atoms with E-state index in [1.807, 2.05) is 12.1 Å². The topological polar surface area (TPSA) is 60.0 Å². The Labute approximate surface area is 135 Å². The lowest BCUT2D eigenvalue weighted by atomic mass is 10.0. The Kier molecular flexibility index (Phi) is 4.10. The Morgan fingerprint density at radius 3 is 2.78 bits per heavy atom. The third-order valence-electron chi connectivity index (χ3n) is 4.69. The molecule has 2 aliphatic heterocycles. The molecule has 6 nitrogen and oxygen atoms in total. The van der Waals surface area contributed by atoms with Gasteiger partial charge in [0, 0.05) is 25.6 Å². The van der Waals surface area contributed by atoms with E-state index in [2.05, 4.69) is 16.3 Å². The number of amides is 1. The minimum absolute atomic E-state index is 0.135. The molecule has 0 radical (unpaired) electrons. The van der Waals surface area contributed by atoms with Crippen LogP contribution in [0.5, 0.6) is 11.5 Å². The zero-order valence-electron chi connectivity index (χ0n) is 13.1. The number of nitrogens with one attached hydrogen (secondary N) is 1. The number of morpholine rings is 1. The third kappa shape index (κ3) is 3.28. The molecular formula is C17H22N2O4. The number of ether oxygens (including phenoxy) is 3. The summed E-state index contributed by atoms with van der Waals surface area (Å²) in [7, 11) is 0. The monoisotopic (exact) mass is 318 g/mol. The number of benzene rings is 1. The molecule has 1 saturated carbocycles. The van der Waals surface area contributed by atoms with Gasteiger partial charge in [0.25, 0.3) is 0 Å². The lowest BCUT2D eigenvalue weighted by Gasteiger charge is -2.35. The van der Waals surface area contributed by atoms with Crippen molar-refractivity contribution in [2.24, 2.45) is 5.92 Å². The molecule has 1 N–H and O–H groups in total. The van der Waals surface area contributed by atoms with Crippen LogP contribution in [0.15, 0.2) is 18.2 Å². The van der Waals surface area contributed by atoms with Gasteiger partial charge in [-0.05, 0) is 30.5 Å². The van der Waals surface area contributed by atoms with Crippen LogP contribution in [0.2, 0.25) is 0 Å². The van der Waals surface area contributed by atoms with Gasteiger partial charge in [-0.15, -0.1) is 0 Å². The summed E-state index contributed by atoms with van der Waals surface area (Å²) in [5, 5.41) is 3.11. The molecule has 6 heteroatoms. The summed E-state index contributed by atoms with van der Waals surface area (Å²) < 4.78 is 16.3. The van der Waals surface area contributed by atoms with E-state index >= 15 is 0 Å². The van der Waals surface area contributed by atoms with Gasteiger partial charge in [-0.25, -0.2) is 0 Å². The van der Waals surface area contributed by atoms with Crippen molar-refractivity contribution in [3.05, 3.63) is 23.8 Å².